The largest absolute Gasteiger partial charge is 0.309 e. The van der Waals surface area contributed by atoms with Gasteiger partial charge in [-0.1, -0.05) is 170 Å². The zero-order valence-electron chi connectivity index (χ0n) is 41.0. The number of benzene rings is 8. The van der Waals surface area contributed by atoms with Gasteiger partial charge >= 0.3 is 0 Å². The van der Waals surface area contributed by atoms with Gasteiger partial charge in [0.1, 0.15) is 0 Å². The molecule has 4 nitrogen and oxygen atoms in total. The van der Waals surface area contributed by atoms with E-state index in [1.807, 2.05) is 109 Å². The van der Waals surface area contributed by atoms with Gasteiger partial charge in [-0.15, -0.1) is 0 Å². The van der Waals surface area contributed by atoms with Crippen LogP contribution in [0.3, 0.4) is 0 Å². The number of fused-ring (bicyclic) bond motifs is 3. The van der Waals surface area contributed by atoms with E-state index in [1.54, 1.807) is 24.3 Å². The molecule has 10 aromatic rings. The summed E-state index contributed by atoms with van der Waals surface area (Å²) in [6, 6.07) is 34.8. The number of hydrogen-bond donors (Lipinski definition) is 0. The lowest BCUT2D eigenvalue weighted by Gasteiger charge is -2.13. The van der Waals surface area contributed by atoms with Gasteiger partial charge in [0.05, 0.1) is 27.5 Å². The molecular weight excluding hydrogens is 669 g/mol. The predicted octanol–water partition coefficient (Wildman–Crippen LogP) is 13.0. The fourth-order valence-electron chi connectivity index (χ4n) is 6.79. The Kier molecular flexibility index (Phi) is 5.52. The summed E-state index contributed by atoms with van der Waals surface area (Å²) in [5, 5.41) is -0.389. The fraction of sp³-hybridized carbons (Fsp3) is 0. The standard InChI is InChI=1S/C51H34N4/c1-4-15-35(16-5-1)37-27-29-38(30-28-37)49-52-50(41-20-14-19-39(33-41)36-17-6-2-7-18-36)54-51(53-49)45-25-11-10-23-43(45)40-31-32-48-46(34-40)44-24-12-13-26-47(44)55(48)42-21-8-3-9-22-42/h1-34H/i3D,8D,9D,12D,13D,21D,22D,24D,26D,31D,32D,34D. The minimum absolute atomic E-state index is 0.0811. The van der Waals surface area contributed by atoms with Crippen molar-refractivity contribution in [2.75, 3.05) is 0 Å². The number of hydrogen-bond acceptors (Lipinski definition) is 3. The van der Waals surface area contributed by atoms with Crippen LogP contribution >= 0.6 is 0 Å². The van der Waals surface area contributed by atoms with Crippen LogP contribution in [0.5, 0.6) is 0 Å². The Morgan fingerprint density at radius 3 is 1.67 bits per heavy atom. The van der Waals surface area contributed by atoms with Gasteiger partial charge < -0.3 is 4.57 Å². The van der Waals surface area contributed by atoms with Crippen LogP contribution in [0, 0.1) is 0 Å². The number of rotatable bonds is 7. The fourth-order valence-corrected chi connectivity index (χ4v) is 6.79. The van der Waals surface area contributed by atoms with Crippen molar-refractivity contribution in [3.8, 4) is 73.2 Å². The average Bonchev–Trinajstić information content (AvgIpc) is 3.72. The predicted molar refractivity (Wildman–Crippen MR) is 227 cm³/mol. The summed E-state index contributed by atoms with van der Waals surface area (Å²) in [5.74, 6) is 0.860. The molecule has 8 aromatic carbocycles. The summed E-state index contributed by atoms with van der Waals surface area (Å²) in [7, 11) is 0. The quantitative estimate of drug-likeness (QED) is 0.165. The van der Waals surface area contributed by atoms with Crippen molar-refractivity contribution in [1.29, 1.82) is 0 Å². The first-order valence-electron chi connectivity index (χ1n) is 23.6. The minimum Gasteiger partial charge on any atom is -0.309 e. The minimum atomic E-state index is -0.712. The maximum atomic E-state index is 9.88. The van der Waals surface area contributed by atoms with Gasteiger partial charge in [0.25, 0.3) is 0 Å². The molecule has 0 spiro atoms. The first-order chi connectivity index (χ1) is 32.3. The first-order valence-corrected chi connectivity index (χ1v) is 17.6. The number of aromatic nitrogens is 4. The monoisotopic (exact) mass is 714 g/mol. The van der Waals surface area contributed by atoms with Crippen LogP contribution in [-0.4, -0.2) is 19.5 Å². The van der Waals surface area contributed by atoms with E-state index in [0.29, 0.717) is 28.3 Å². The molecule has 0 atom stereocenters. The third kappa shape index (κ3) is 6.06. The Balaban J connectivity index is 1.24. The van der Waals surface area contributed by atoms with E-state index in [0.717, 1.165) is 26.8 Å². The molecule has 0 bridgehead atoms. The molecule has 55 heavy (non-hydrogen) atoms. The van der Waals surface area contributed by atoms with Crippen molar-refractivity contribution < 1.29 is 16.4 Å². The Morgan fingerprint density at radius 1 is 0.364 bits per heavy atom. The SMILES string of the molecule is [2H]c1c([2H])c([2H])c(-n2c3c([2H])c([2H])c([2H])c([2H])c3c3c([2H])c(-c4ccccc4-c4nc(-c5ccc(-c6ccccc6)cc5)nc(-c5cccc(-c6ccccc6)c5)n4)c([2H])c([2H])c32)c([2H])c1[2H]. The normalized spacial score (nSPS) is 14.3. The summed E-state index contributed by atoms with van der Waals surface area (Å²) < 4.78 is 108. The van der Waals surface area contributed by atoms with E-state index in [2.05, 4.69) is 0 Å². The molecule has 258 valence electrons. The summed E-state index contributed by atoms with van der Waals surface area (Å²) in [6.45, 7) is 0. The van der Waals surface area contributed by atoms with Crippen LogP contribution in [0.15, 0.2) is 206 Å². The van der Waals surface area contributed by atoms with Crippen molar-refractivity contribution in [3.63, 3.8) is 0 Å². The summed E-state index contributed by atoms with van der Waals surface area (Å²) in [4.78, 5) is 15.0. The highest BCUT2D eigenvalue weighted by Gasteiger charge is 2.18. The lowest BCUT2D eigenvalue weighted by Crippen LogP contribution is -2.01. The number of nitrogens with zero attached hydrogens (tertiary/aromatic N) is 4. The van der Waals surface area contributed by atoms with Gasteiger partial charge in [-0.2, -0.15) is 0 Å². The number of para-hydroxylation sites is 2. The molecule has 10 rings (SSSR count). The van der Waals surface area contributed by atoms with Gasteiger partial charge in [-0.05, 0) is 69.7 Å². The zero-order chi connectivity index (χ0) is 47.0. The first kappa shape index (κ1) is 21.9. The molecule has 0 aliphatic rings. The van der Waals surface area contributed by atoms with E-state index >= 15 is 0 Å². The van der Waals surface area contributed by atoms with E-state index < -0.39 is 78.2 Å². The molecule has 0 aliphatic carbocycles. The Bertz CT molecular complexity index is 3630. The average molecular weight is 715 g/mol. The Labute approximate surface area is 336 Å². The second-order valence-electron chi connectivity index (χ2n) is 12.7. The molecule has 0 amide bonds. The van der Waals surface area contributed by atoms with E-state index in [4.69, 9.17) is 27.3 Å². The third-order valence-corrected chi connectivity index (χ3v) is 9.42. The third-order valence-electron chi connectivity index (χ3n) is 9.42. The van der Waals surface area contributed by atoms with E-state index in [-0.39, 0.29) is 38.8 Å². The second-order valence-corrected chi connectivity index (χ2v) is 12.7. The molecule has 0 saturated carbocycles. The smallest absolute Gasteiger partial charge is 0.164 e. The van der Waals surface area contributed by atoms with E-state index in [9.17, 15) is 4.11 Å². The molecule has 0 N–H and O–H groups in total. The van der Waals surface area contributed by atoms with Crippen molar-refractivity contribution in [2.45, 2.75) is 0 Å². The molecule has 0 aliphatic heterocycles. The molecule has 0 saturated heterocycles. The molecule has 4 heteroatoms. The molecule has 2 heterocycles. The topological polar surface area (TPSA) is 43.6 Å². The van der Waals surface area contributed by atoms with Crippen LogP contribution in [0.2, 0.25) is 0 Å². The van der Waals surface area contributed by atoms with Crippen molar-refractivity contribution in [3.05, 3.63) is 206 Å². The molecule has 2 aromatic heterocycles. The lowest BCUT2D eigenvalue weighted by atomic mass is 9.97. The van der Waals surface area contributed by atoms with Gasteiger partial charge in [-0.3, -0.25) is 0 Å². The zero-order valence-corrected chi connectivity index (χ0v) is 29.0. The van der Waals surface area contributed by atoms with Crippen molar-refractivity contribution in [2.24, 2.45) is 0 Å². The maximum Gasteiger partial charge on any atom is 0.164 e. The van der Waals surface area contributed by atoms with E-state index in [1.165, 1.54) is 0 Å². The molecule has 0 fully saturated rings. The van der Waals surface area contributed by atoms with Crippen LogP contribution < -0.4 is 0 Å². The van der Waals surface area contributed by atoms with Gasteiger partial charge in [-0.25, -0.2) is 15.0 Å². The molecular formula is C51H34N4. The maximum absolute atomic E-state index is 9.88. The molecule has 0 unspecified atom stereocenters. The van der Waals surface area contributed by atoms with Crippen LogP contribution in [0.1, 0.15) is 16.4 Å². The van der Waals surface area contributed by atoms with Crippen molar-refractivity contribution >= 4 is 21.8 Å². The summed E-state index contributed by atoms with van der Waals surface area (Å²) >= 11 is 0. The van der Waals surface area contributed by atoms with Crippen LogP contribution in [0.25, 0.3) is 95.0 Å². The summed E-state index contributed by atoms with van der Waals surface area (Å²) in [6.07, 6.45) is 0. The van der Waals surface area contributed by atoms with Gasteiger partial charge in [0.15, 0.2) is 17.5 Å². The van der Waals surface area contributed by atoms with Crippen LogP contribution in [0.4, 0.5) is 0 Å². The Hall–Kier alpha value is -7.43. The highest BCUT2D eigenvalue weighted by Crippen LogP contribution is 2.38. The molecule has 0 radical (unpaired) electrons. The highest BCUT2D eigenvalue weighted by atomic mass is 15.0. The summed E-state index contributed by atoms with van der Waals surface area (Å²) in [5.41, 5.74) is 4.78. The van der Waals surface area contributed by atoms with Crippen LogP contribution in [-0.2, 0) is 0 Å². The van der Waals surface area contributed by atoms with Gasteiger partial charge in [0.2, 0.25) is 0 Å². The Morgan fingerprint density at radius 2 is 0.909 bits per heavy atom. The van der Waals surface area contributed by atoms with Crippen molar-refractivity contribution in [1.82, 2.24) is 19.5 Å². The lowest BCUT2D eigenvalue weighted by molar-refractivity contribution is 1.07. The van der Waals surface area contributed by atoms with Gasteiger partial charge in [0, 0.05) is 33.2 Å². The second kappa shape index (κ2) is 13.8. The highest BCUT2D eigenvalue weighted by molar-refractivity contribution is 6.10.